The topological polar surface area (TPSA) is 19.4 Å². The molecule has 0 aliphatic carbocycles. The third-order valence-electron chi connectivity index (χ3n) is 17.2. The lowest BCUT2D eigenvalue weighted by Gasteiger charge is -2.30. The number of benzene rings is 16. The van der Waals surface area contributed by atoms with E-state index >= 15 is 0 Å². The summed E-state index contributed by atoms with van der Waals surface area (Å²) in [6.45, 7) is 4.24. The standard InChI is InChI=1S/C32H27BrN2.C30H22Br2N2.2C18H13Br2N/c1-24-13-17-29(18-14-24)35(30-19-15-25(2)16-20-30)32-22-26(33)21-31(23-32)34(27-9-5-3-6-10-27)28-11-7-4-8-12-28;31-23-10-7-16-27(20-23)33(25-12-3-1-4-13-25)29-18-9-19-30(22-29)34(26-14-5-2-6-15-26)28-17-8-11-24(32)21-28;19-14-11-15(20)13-18(12-14)21(16-7-3-1-4-8-16)17-9-5-2-6-10-17;19-14-11-12-17(20)18(13-14)21(15-7-3-1-4-8-15)16-9-5-2-6-10-16/h3-23H,1-2H3;1-22H;2*1-13H/i;;1D,2D,3D,4D,5D,6D,7D,8D,9D,10D;. The van der Waals surface area contributed by atoms with Gasteiger partial charge >= 0.3 is 0 Å². The highest BCUT2D eigenvalue weighted by atomic mass is 79.9. The number of aryl methyl sites for hydroxylation is 2. The zero-order valence-electron chi connectivity index (χ0n) is 69.9. The Morgan fingerprint density at radius 2 is 0.423 bits per heavy atom. The van der Waals surface area contributed by atoms with E-state index in [1.54, 1.807) is 18.2 Å². The first-order chi connectivity index (χ1) is 58.4. The van der Waals surface area contributed by atoms with Crippen molar-refractivity contribution in [1.82, 2.24) is 0 Å². The third kappa shape index (κ3) is 21.0. The van der Waals surface area contributed by atoms with Crippen LogP contribution in [0.3, 0.4) is 0 Å². The van der Waals surface area contributed by atoms with Crippen LogP contribution in [0.25, 0.3) is 0 Å². The van der Waals surface area contributed by atoms with Gasteiger partial charge in [0.15, 0.2) is 0 Å². The molecule has 6 nitrogen and oxygen atoms in total. The van der Waals surface area contributed by atoms with Crippen molar-refractivity contribution in [2.24, 2.45) is 0 Å². The summed E-state index contributed by atoms with van der Waals surface area (Å²) in [5.41, 5.74) is 18.6. The summed E-state index contributed by atoms with van der Waals surface area (Å²) in [6.07, 6.45) is 0. The molecule has 16 rings (SSSR count). The van der Waals surface area contributed by atoms with Gasteiger partial charge in [-0.1, -0.05) is 295 Å². The zero-order chi connectivity index (χ0) is 85.5. The fourth-order valence-corrected chi connectivity index (χ4v) is 15.6. The molecule has 546 valence electrons. The summed E-state index contributed by atoms with van der Waals surface area (Å²) in [5.74, 6) is 0. The van der Waals surface area contributed by atoms with E-state index in [1.807, 2.05) is 42.5 Å². The molecule has 13 heteroatoms. The molecule has 0 N–H and O–H groups in total. The van der Waals surface area contributed by atoms with Crippen molar-refractivity contribution < 1.29 is 13.7 Å². The van der Waals surface area contributed by atoms with E-state index < -0.39 is 60.4 Å². The first-order valence-corrected chi connectivity index (χ1v) is 40.7. The van der Waals surface area contributed by atoms with Crippen LogP contribution >= 0.6 is 112 Å². The van der Waals surface area contributed by atoms with Gasteiger partial charge in [-0.3, -0.25) is 0 Å². The van der Waals surface area contributed by atoms with Crippen LogP contribution in [0.1, 0.15) is 24.8 Å². The molecule has 0 spiro atoms. The molecular formula is C98H75Br7N6. The summed E-state index contributed by atoms with van der Waals surface area (Å²) in [6, 6.07) is 117. The molecule has 111 heavy (non-hydrogen) atoms. The van der Waals surface area contributed by atoms with Crippen LogP contribution in [-0.4, -0.2) is 0 Å². The van der Waals surface area contributed by atoms with Crippen LogP contribution in [-0.2, 0) is 0 Å². The lowest BCUT2D eigenvalue weighted by Crippen LogP contribution is -2.13. The van der Waals surface area contributed by atoms with Crippen molar-refractivity contribution in [1.29, 1.82) is 0 Å². The first-order valence-electron chi connectivity index (χ1n) is 40.1. The maximum Gasteiger partial charge on any atom is 0.0645 e. The molecular weight excluding hydrogens is 1820 g/mol. The van der Waals surface area contributed by atoms with E-state index in [9.17, 15) is 0 Å². The van der Waals surface area contributed by atoms with Crippen molar-refractivity contribution in [3.63, 3.8) is 0 Å². The maximum absolute atomic E-state index is 8.37. The minimum absolute atomic E-state index is 0.221. The summed E-state index contributed by atoms with van der Waals surface area (Å²) < 4.78 is 87.6. The average Bonchev–Trinajstić information content (AvgIpc) is 0.740. The number of hydrogen-bond acceptors (Lipinski definition) is 6. The van der Waals surface area contributed by atoms with E-state index in [1.165, 1.54) is 11.1 Å². The quantitative estimate of drug-likeness (QED) is 0.0847. The Balaban J connectivity index is 0.000000141. The molecule has 0 saturated carbocycles. The number of para-hydroxylation sites is 8. The number of rotatable bonds is 18. The number of hydrogen-bond donors (Lipinski definition) is 0. The van der Waals surface area contributed by atoms with Crippen molar-refractivity contribution in [3.05, 3.63) is 461 Å². The minimum atomic E-state index is -0.609. The lowest BCUT2D eigenvalue weighted by atomic mass is 10.1. The molecule has 0 saturated heterocycles. The smallest absolute Gasteiger partial charge is 0.0645 e. The molecule has 16 aromatic rings. The number of anilines is 18. The highest BCUT2D eigenvalue weighted by molar-refractivity contribution is 9.11. The van der Waals surface area contributed by atoms with Crippen LogP contribution in [0.5, 0.6) is 0 Å². The largest absolute Gasteiger partial charge is 0.310 e. The van der Waals surface area contributed by atoms with Crippen LogP contribution in [0.2, 0.25) is 0 Å². The van der Waals surface area contributed by atoms with Crippen molar-refractivity contribution >= 4 is 214 Å². The molecule has 0 amide bonds. The van der Waals surface area contributed by atoms with Gasteiger partial charge in [-0.2, -0.15) is 0 Å². The summed E-state index contributed by atoms with van der Waals surface area (Å²) in [5, 5.41) is 0. The molecule has 0 radical (unpaired) electrons. The second kappa shape index (κ2) is 39.0. The molecule has 0 aromatic heterocycles. The van der Waals surface area contributed by atoms with E-state index in [2.05, 4.69) is 447 Å². The fourth-order valence-electron chi connectivity index (χ4n) is 12.3. The van der Waals surface area contributed by atoms with Crippen molar-refractivity contribution in [3.8, 4) is 0 Å². The molecule has 0 aliphatic heterocycles. The molecule has 0 heterocycles. The average molecular weight is 1910 g/mol. The first kappa shape index (κ1) is 66.5. The summed E-state index contributed by atoms with van der Waals surface area (Å²) in [4.78, 5) is 12.5. The number of nitrogens with zero attached hydrogens (tertiary/aromatic N) is 6. The maximum atomic E-state index is 8.37. The Morgan fingerprint density at radius 1 is 0.180 bits per heavy atom. The molecule has 0 fully saturated rings. The normalized spacial score (nSPS) is 11.8. The molecule has 16 aromatic carbocycles. The Labute approximate surface area is 725 Å². The van der Waals surface area contributed by atoms with Crippen LogP contribution in [0.4, 0.5) is 102 Å². The Bertz CT molecular complexity index is 5890. The van der Waals surface area contributed by atoms with Gasteiger partial charge in [0, 0.05) is 128 Å². The van der Waals surface area contributed by atoms with E-state index in [-0.39, 0.29) is 17.1 Å². The highest BCUT2D eigenvalue weighted by Crippen LogP contribution is 2.46. The van der Waals surface area contributed by atoms with E-state index in [0.29, 0.717) is 8.95 Å². The predicted molar refractivity (Wildman–Crippen MR) is 497 cm³/mol. The van der Waals surface area contributed by atoms with Gasteiger partial charge in [0.1, 0.15) is 0 Å². The summed E-state index contributed by atoms with van der Waals surface area (Å²) in [7, 11) is 0. The van der Waals surface area contributed by atoms with Gasteiger partial charge in [-0.05, 0) is 260 Å². The Kier molecular flexibility index (Phi) is 23.4. The van der Waals surface area contributed by atoms with Crippen LogP contribution in [0, 0.1) is 13.8 Å². The van der Waals surface area contributed by atoms with Gasteiger partial charge < -0.3 is 29.4 Å². The zero-order valence-corrected chi connectivity index (χ0v) is 71.0. The molecule has 0 unspecified atom stereocenters. The van der Waals surface area contributed by atoms with Gasteiger partial charge in [-0.15, -0.1) is 0 Å². The van der Waals surface area contributed by atoms with E-state index in [4.69, 9.17) is 13.7 Å². The van der Waals surface area contributed by atoms with Gasteiger partial charge in [-0.25, -0.2) is 0 Å². The van der Waals surface area contributed by atoms with Crippen LogP contribution in [0.15, 0.2) is 450 Å². The second-order valence-electron chi connectivity index (χ2n) is 25.0. The van der Waals surface area contributed by atoms with Crippen molar-refractivity contribution in [2.75, 3.05) is 29.4 Å². The Hall–Kier alpha value is -10.3. The second-order valence-corrected chi connectivity index (χ2v) is 31.4. The predicted octanol–water partition coefficient (Wildman–Crippen LogP) is 33.5. The van der Waals surface area contributed by atoms with Crippen molar-refractivity contribution in [2.45, 2.75) is 13.8 Å². The lowest BCUT2D eigenvalue weighted by molar-refractivity contribution is 1.24. The highest BCUT2D eigenvalue weighted by Gasteiger charge is 2.22. The van der Waals surface area contributed by atoms with E-state index in [0.717, 1.165) is 113 Å². The third-order valence-corrected chi connectivity index (χ3v) is 20.7. The molecule has 0 bridgehead atoms. The van der Waals surface area contributed by atoms with Gasteiger partial charge in [0.2, 0.25) is 0 Å². The molecule has 0 aliphatic rings. The fraction of sp³-hybridized carbons (Fsp3) is 0.0204. The minimum Gasteiger partial charge on any atom is -0.310 e. The monoisotopic (exact) mass is 1900 g/mol. The Morgan fingerprint density at radius 3 is 0.766 bits per heavy atom. The van der Waals surface area contributed by atoms with Gasteiger partial charge in [0.05, 0.1) is 19.4 Å². The van der Waals surface area contributed by atoms with Gasteiger partial charge in [0.25, 0.3) is 0 Å². The SMILES string of the molecule is Brc1ccc(Br)c(N(c2ccccc2)c2ccccc2)c1.Brc1cccc(N(c2ccccc2)c2cccc(N(c3ccccc3)c3cccc(Br)c3)c2)c1.Cc1ccc(N(c2ccc(C)cc2)c2cc(Br)cc(N(c3ccccc3)c3ccccc3)c2)cc1.[2H]c1c([2H])c([2H])c(N(c2cc(Br)cc(Br)c2)c2c([2H])c([2H])c([2H])c([2H])c2[2H])c([2H])c1[2H]. The summed E-state index contributed by atoms with van der Waals surface area (Å²) >= 11 is 25.0. The number of halogens is 7. The molecule has 0 atom stereocenters. The van der Waals surface area contributed by atoms with Crippen LogP contribution < -0.4 is 29.4 Å².